The molecule has 5 nitrogen and oxygen atoms in total. The molecule has 4 N–H and O–H groups in total. The molecule has 0 bridgehead atoms. The van der Waals surface area contributed by atoms with Gasteiger partial charge in [-0.3, -0.25) is 0 Å². The van der Waals surface area contributed by atoms with Crippen LogP contribution in [0.4, 0.5) is 39.9 Å². The molecular formula is C26H23F8N3O2. The smallest absolute Gasteiger partial charge is 0.428 e. The van der Waals surface area contributed by atoms with E-state index in [1.54, 1.807) is 30.3 Å². The summed E-state index contributed by atoms with van der Waals surface area (Å²) < 4.78 is 113. The van der Waals surface area contributed by atoms with Crippen LogP contribution in [0.3, 0.4) is 0 Å². The van der Waals surface area contributed by atoms with Crippen LogP contribution in [-0.4, -0.2) is 37.6 Å². The fourth-order valence-corrected chi connectivity index (χ4v) is 3.79. The summed E-state index contributed by atoms with van der Waals surface area (Å²) in [5.41, 5.74) is 3.33. The maximum Gasteiger partial charge on any atom is 0.461 e. The number of rotatable bonds is 11. The molecule has 0 aliphatic carbocycles. The fraction of sp³-hybridized carbons (Fsp3) is 0.269. The van der Waals surface area contributed by atoms with E-state index in [2.05, 4.69) is 10.1 Å². The van der Waals surface area contributed by atoms with Gasteiger partial charge in [0, 0.05) is 12.5 Å². The zero-order valence-corrected chi connectivity index (χ0v) is 20.0. The lowest BCUT2D eigenvalue weighted by Gasteiger charge is -2.37. The van der Waals surface area contributed by atoms with E-state index < -0.39 is 60.5 Å². The molecule has 0 heterocycles. The summed E-state index contributed by atoms with van der Waals surface area (Å²) in [6.45, 7) is -2.26. The number of hydrogen-bond acceptors (Lipinski definition) is 3. The fourth-order valence-electron chi connectivity index (χ4n) is 3.79. The van der Waals surface area contributed by atoms with Crippen molar-refractivity contribution in [2.45, 2.75) is 30.4 Å². The largest absolute Gasteiger partial charge is 0.461 e. The molecule has 0 aliphatic rings. The third-order valence-electron chi connectivity index (χ3n) is 5.65. The average Bonchev–Trinajstić information content (AvgIpc) is 2.87. The number of benzene rings is 3. The van der Waals surface area contributed by atoms with Crippen molar-refractivity contribution >= 4 is 6.03 Å². The first-order chi connectivity index (χ1) is 18.3. The van der Waals surface area contributed by atoms with E-state index in [4.69, 9.17) is 5.73 Å². The number of carbonyl (C=O) groups is 1. The summed E-state index contributed by atoms with van der Waals surface area (Å²) in [7, 11) is 0. The Morgan fingerprint density at radius 1 is 0.872 bits per heavy atom. The van der Waals surface area contributed by atoms with Crippen LogP contribution in [0.1, 0.15) is 16.7 Å². The number of urea groups is 1. The van der Waals surface area contributed by atoms with Gasteiger partial charge in [0.2, 0.25) is 0 Å². The summed E-state index contributed by atoms with van der Waals surface area (Å²) in [6, 6.07) is 13.3. The molecule has 3 rings (SSSR count). The molecule has 0 fully saturated rings. The summed E-state index contributed by atoms with van der Waals surface area (Å²) in [4.78, 5) is 12.9. The molecule has 0 saturated heterocycles. The summed E-state index contributed by atoms with van der Waals surface area (Å²) >= 11 is 0. The first-order valence-electron chi connectivity index (χ1n) is 11.4. The van der Waals surface area contributed by atoms with Crippen LogP contribution in [-0.2, 0) is 12.0 Å². The zero-order chi connectivity index (χ0) is 28.8. The van der Waals surface area contributed by atoms with Crippen LogP contribution in [0.2, 0.25) is 0 Å². The van der Waals surface area contributed by atoms with E-state index in [1.165, 1.54) is 12.1 Å². The van der Waals surface area contributed by atoms with Crippen molar-refractivity contribution in [1.29, 1.82) is 0 Å². The minimum absolute atomic E-state index is 0.0747. The second kappa shape index (κ2) is 11.9. The Hall–Kier alpha value is -3.87. The third kappa shape index (κ3) is 7.59. The molecule has 210 valence electrons. The lowest BCUT2D eigenvalue weighted by atomic mass is 9.77. The average molecular weight is 561 g/mol. The number of halogens is 8. The first kappa shape index (κ1) is 29.7. The van der Waals surface area contributed by atoms with Gasteiger partial charge in [0.05, 0.1) is 18.6 Å². The van der Waals surface area contributed by atoms with Crippen LogP contribution in [0.25, 0.3) is 0 Å². The van der Waals surface area contributed by atoms with Gasteiger partial charge < -0.3 is 21.1 Å². The number of nitrogens with two attached hydrogens (primary N) is 1. The molecular weight excluding hydrogens is 538 g/mol. The lowest BCUT2D eigenvalue weighted by molar-refractivity contribution is -0.253. The molecule has 0 saturated carbocycles. The van der Waals surface area contributed by atoms with Gasteiger partial charge in [-0.1, -0.05) is 42.5 Å². The third-order valence-corrected chi connectivity index (χ3v) is 5.65. The van der Waals surface area contributed by atoms with E-state index in [0.717, 1.165) is 24.3 Å². The summed E-state index contributed by atoms with van der Waals surface area (Å²) in [5, 5.41) is 4.41. The van der Waals surface area contributed by atoms with Crippen molar-refractivity contribution in [3.8, 4) is 5.75 Å². The molecule has 0 spiro atoms. The minimum atomic E-state index is -4.98. The number of nitrogens with one attached hydrogen (secondary N) is 2. The quantitative estimate of drug-likeness (QED) is 0.268. The lowest BCUT2D eigenvalue weighted by Crippen LogP contribution is -2.54. The van der Waals surface area contributed by atoms with Gasteiger partial charge in [0.15, 0.2) is 0 Å². The molecule has 1 unspecified atom stereocenters. The van der Waals surface area contributed by atoms with Gasteiger partial charge in [0.1, 0.15) is 17.4 Å². The molecule has 3 aromatic rings. The number of carbonyl (C=O) groups excluding carboxylic acids is 1. The number of amides is 2. The van der Waals surface area contributed by atoms with E-state index in [0.29, 0.717) is 11.6 Å². The highest BCUT2D eigenvalue weighted by Gasteiger charge is 2.45. The summed E-state index contributed by atoms with van der Waals surface area (Å²) in [6.07, 6.45) is -9.47. The highest BCUT2D eigenvalue weighted by molar-refractivity contribution is 5.76. The highest BCUT2D eigenvalue weighted by atomic mass is 19.3. The highest BCUT2D eigenvalue weighted by Crippen LogP contribution is 2.38. The topological polar surface area (TPSA) is 76.4 Å². The van der Waals surface area contributed by atoms with Crippen molar-refractivity contribution in [2.75, 3.05) is 13.1 Å². The van der Waals surface area contributed by atoms with Crippen LogP contribution in [0.15, 0.2) is 72.8 Å². The predicted octanol–water partition coefficient (Wildman–Crippen LogP) is 5.58. The zero-order valence-electron chi connectivity index (χ0n) is 20.0. The maximum absolute atomic E-state index is 14.7. The molecule has 39 heavy (non-hydrogen) atoms. The van der Waals surface area contributed by atoms with Gasteiger partial charge >= 0.3 is 18.6 Å². The van der Waals surface area contributed by atoms with Crippen LogP contribution >= 0.6 is 0 Å². The van der Waals surface area contributed by atoms with Gasteiger partial charge in [-0.05, 0) is 41.0 Å². The van der Waals surface area contributed by atoms with Crippen LogP contribution < -0.4 is 21.1 Å². The monoisotopic (exact) mass is 561 g/mol. The molecule has 3 aromatic carbocycles. The Balaban J connectivity index is 2.20. The molecule has 0 aromatic heterocycles. The summed E-state index contributed by atoms with van der Waals surface area (Å²) in [5.74, 6) is -6.38. The molecule has 13 heteroatoms. The van der Waals surface area contributed by atoms with E-state index in [1.807, 2.05) is 5.32 Å². The van der Waals surface area contributed by atoms with Crippen molar-refractivity contribution in [2.24, 2.45) is 5.73 Å². The number of alkyl halides is 6. The van der Waals surface area contributed by atoms with Gasteiger partial charge in [0.25, 0.3) is 5.92 Å². The van der Waals surface area contributed by atoms with Crippen molar-refractivity contribution < 1.29 is 44.7 Å². The Kier molecular flexibility index (Phi) is 9.05. The molecule has 0 radical (unpaired) electrons. The SMILES string of the molecule is NCC(F)(F)CNC(=O)NC(Cc1ccccc1)(c1ccc(F)cc1)c1cc(F)cc(OC(F)(F)C(F)F)c1. The number of hydrogen-bond donors (Lipinski definition) is 3. The Morgan fingerprint density at radius 2 is 1.51 bits per heavy atom. The number of ether oxygens (including phenoxy) is 1. The molecule has 0 aliphatic heterocycles. The van der Waals surface area contributed by atoms with E-state index in [-0.39, 0.29) is 17.5 Å². The van der Waals surface area contributed by atoms with Gasteiger partial charge in [-0.15, -0.1) is 0 Å². The van der Waals surface area contributed by atoms with Crippen molar-refractivity contribution in [1.82, 2.24) is 10.6 Å². The van der Waals surface area contributed by atoms with E-state index in [9.17, 15) is 39.9 Å². The van der Waals surface area contributed by atoms with Crippen LogP contribution in [0, 0.1) is 11.6 Å². The normalized spacial score (nSPS) is 13.6. The Labute approximate surface area is 218 Å². The standard InChI is InChI=1S/C26H23F8N3O2/c27-19-8-6-17(7-9-19)25(13-16-4-2-1-3-5-16,37-23(38)36-15-24(31,32)14-35)18-10-20(28)12-21(11-18)39-26(33,34)22(29)30/h1-12,22H,13-15,35H2,(H2,36,37,38). The molecule has 1 atom stereocenters. The van der Waals surface area contributed by atoms with Crippen LogP contribution in [0.5, 0.6) is 5.75 Å². The minimum Gasteiger partial charge on any atom is -0.428 e. The first-order valence-corrected chi connectivity index (χ1v) is 11.4. The second-order valence-corrected chi connectivity index (χ2v) is 8.58. The Morgan fingerprint density at radius 3 is 2.10 bits per heavy atom. The predicted molar refractivity (Wildman–Crippen MR) is 126 cm³/mol. The van der Waals surface area contributed by atoms with Crippen molar-refractivity contribution in [3.63, 3.8) is 0 Å². The van der Waals surface area contributed by atoms with Crippen molar-refractivity contribution in [3.05, 3.63) is 101 Å². The molecule has 2 amide bonds. The Bertz CT molecular complexity index is 1260. The maximum atomic E-state index is 14.7. The second-order valence-electron chi connectivity index (χ2n) is 8.58. The van der Waals surface area contributed by atoms with Gasteiger partial charge in [-0.2, -0.15) is 17.6 Å². The van der Waals surface area contributed by atoms with E-state index >= 15 is 0 Å². The van der Waals surface area contributed by atoms with Gasteiger partial charge in [-0.25, -0.2) is 22.4 Å².